The van der Waals surface area contributed by atoms with Crippen molar-refractivity contribution in [1.29, 1.82) is 0 Å². The molecular formula is C12H17NO2. The van der Waals surface area contributed by atoms with Gasteiger partial charge in [0, 0.05) is 6.20 Å². The zero-order valence-corrected chi connectivity index (χ0v) is 9.32. The van der Waals surface area contributed by atoms with Crippen LogP contribution in [0.25, 0.3) is 0 Å². The molecule has 15 heavy (non-hydrogen) atoms. The zero-order chi connectivity index (χ0) is 11.1. The average molecular weight is 207 g/mol. The number of ether oxygens (including phenoxy) is 2. The summed E-state index contributed by atoms with van der Waals surface area (Å²) in [6.07, 6.45) is 2.61. The van der Waals surface area contributed by atoms with Crippen molar-refractivity contribution in [3.8, 4) is 11.6 Å². The molecule has 0 spiro atoms. The molecule has 0 aromatic carbocycles. The Morgan fingerprint density at radius 1 is 1.40 bits per heavy atom. The predicted octanol–water partition coefficient (Wildman–Crippen LogP) is 2.83. The maximum atomic E-state index is 5.56. The fourth-order valence-electron chi connectivity index (χ4n) is 1.01. The molecule has 0 amide bonds. The summed E-state index contributed by atoms with van der Waals surface area (Å²) in [4.78, 5) is 4.10. The van der Waals surface area contributed by atoms with Crippen LogP contribution in [0.1, 0.15) is 20.3 Å². The van der Waals surface area contributed by atoms with E-state index in [1.165, 1.54) is 0 Å². The van der Waals surface area contributed by atoms with Gasteiger partial charge in [-0.2, -0.15) is 0 Å². The molecule has 3 heteroatoms. The quantitative estimate of drug-likeness (QED) is 0.672. The molecule has 1 rings (SSSR count). The lowest BCUT2D eigenvalue weighted by Gasteiger charge is -2.10. The molecule has 0 saturated heterocycles. The normalized spacial score (nSPS) is 9.73. The minimum Gasteiger partial charge on any atom is -0.484 e. The van der Waals surface area contributed by atoms with E-state index < -0.39 is 0 Å². The topological polar surface area (TPSA) is 31.4 Å². The zero-order valence-electron chi connectivity index (χ0n) is 9.32. The third-order valence-electron chi connectivity index (χ3n) is 1.95. The second kappa shape index (κ2) is 6.06. The van der Waals surface area contributed by atoms with Crippen LogP contribution in [-0.2, 0) is 0 Å². The number of pyridine rings is 1. The molecule has 1 aromatic rings. The summed E-state index contributed by atoms with van der Waals surface area (Å²) in [6, 6.07) is 3.67. The van der Waals surface area contributed by atoms with E-state index in [1.54, 1.807) is 6.20 Å². The van der Waals surface area contributed by atoms with Crippen LogP contribution in [0.5, 0.6) is 11.6 Å². The van der Waals surface area contributed by atoms with Crippen LogP contribution >= 0.6 is 0 Å². The van der Waals surface area contributed by atoms with E-state index in [0.29, 0.717) is 24.8 Å². The predicted molar refractivity (Wildman–Crippen MR) is 60.3 cm³/mol. The fourth-order valence-corrected chi connectivity index (χ4v) is 1.01. The van der Waals surface area contributed by atoms with Crippen LogP contribution in [-0.4, -0.2) is 18.2 Å². The molecule has 0 radical (unpaired) electrons. The third-order valence-corrected chi connectivity index (χ3v) is 1.95. The van der Waals surface area contributed by atoms with Gasteiger partial charge in [0.15, 0.2) is 5.75 Å². The van der Waals surface area contributed by atoms with Gasteiger partial charge in [0.05, 0.1) is 6.61 Å². The Kier molecular flexibility index (Phi) is 4.68. The SMILES string of the molecule is C=C(CC)COc1cccnc1OCC. The highest BCUT2D eigenvalue weighted by molar-refractivity contribution is 5.32. The van der Waals surface area contributed by atoms with Gasteiger partial charge in [-0.3, -0.25) is 0 Å². The highest BCUT2D eigenvalue weighted by Gasteiger charge is 2.04. The maximum Gasteiger partial charge on any atom is 0.256 e. The highest BCUT2D eigenvalue weighted by atomic mass is 16.5. The minimum absolute atomic E-state index is 0.516. The Morgan fingerprint density at radius 3 is 2.87 bits per heavy atom. The first kappa shape index (κ1) is 11.6. The Bertz CT molecular complexity index is 323. The molecule has 0 aliphatic carbocycles. The van der Waals surface area contributed by atoms with Gasteiger partial charge in [0.1, 0.15) is 6.61 Å². The van der Waals surface area contributed by atoms with Crippen LogP contribution in [0.3, 0.4) is 0 Å². The lowest BCUT2D eigenvalue weighted by atomic mass is 10.2. The smallest absolute Gasteiger partial charge is 0.256 e. The van der Waals surface area contributed by atoms with E-state index in [1.807, 2.05) is 19.1 Å². The molecule has 0 N–H and O–H groups in total. The van der Waals surface area contributed by atoms with Crippen molar-refractivity contribution in [3.05, 3.63) is 30.5 Å². The summed E-state index contributed by atoms with van der Waals surface area (Å²) >= 11 is 0. The third kappa shape index (κ3) is 3.62. The summed E-state index contributed by atoms with van der Waals surface area (Å²) in [6.45, 7) is 8.95. The van der Waals surface area contributed by atoms with Gasteiger partial charge in [0.2, 0.25) is 0 Å². The summed E-state index contributed by atoms with van der Waals surface area (Å²) in [5.41, 5.74) is 1.06. The van der Waals surface area contributed by atoms with E-state index in [9.17, 15) is 0 Å². The molecule has 1 aromatic heterocycles. The molecule has 0 unspecified atom stereocenters. The Hall–Kier alpha value is -1.51. The van der Waals surface area contributed by atoms with E-state index in [0.717, 1.165) is 12.0 Å². The van der Waals surface area contributed by atoms with Gasteiger partial charge in [-0.1, -0.05) is 13.5 Å². The molecule has 0 aliphatic heterocycles. The summed E-state index contributed by atoms with van der Waals surface area (Å²) in [7, 11) is 0. The molecule has 1 heterocycles. The second-order valence-corrected chi connectivity index (χ2v) is 3.13. The van der Waals surface area contributed by atoms with Crippen molar-refractivity contribution in [1.82, 2.24) is 4.98 Å². The number of hydrogen-bond acceptors (Lipinski definition) is 3. The first-order valence-corrected chi connectivity index (χ1v) is 5.15. The lowest BCUT2D eigenvalue weighted by Crippen LogP contribution is -2.03. The monoisotopic (exact) mass is 207 g/mol. The van der Waals surface area contributed by atoms with Crippen LogP contribution in [0, 0.1) is 0 Å². The van der Waals surface area contributed by atoms with Gasteiger partial charge in [0.25, 0.3) is 5.88 Å². The van der Waals surface area contributed by atoms with Gasteiger partial charge in [-0.05, 0) is 31.1 Å². The molecule has 0 bridgehead atoms. The van der Waals surface area contributed by atoms with Crippen LogP contribution < -0.4 is 9.47 Å². The summed E-state index contributed by atoms with van der Waals surface area (Å²) < 4.78 is 10.9. The summed E-state index contributed by atoms with van der Waals surface area (Å²) in [5, 5.41) is 0. The summed E-state index contributed by atoms with van der Waals surface area (Å²) in [5.74, 6) is 1.22. The number of rotatable bonds is 6. The van der Waals surface area contributed by atoms with Crippen LogP contribution in [0.2, 0.25) is 0 Å². The fraction of sp³-hybridized carbons (Fsp3) is 0.417. The van der Waals surface area contributed by atoms with E-state index in [2.05, 4.69) is 18.5 Å². The van der Waals surface area contributed by atoms with Crippen molar-refractivity contribution < 1.29 is 9.47 Å². The van der Waals surface area contributed by atoms with Crippen LogP contribution in [0.15, 0.2) is 30.5 Å². The van der Waals surface area contributed by atoms with Crippen molar-refractivity contribution in [2.24, 2.45) is 0 Å². The van der Waals surface area contributed by atoms with Crippen LogP contribution in [0.4, 0.5) is 0 Å². The first-order chi connectivity index (χ1) is 7.27. The van der Waals surface area contributed by atoms with E-state index in [-0.39, 0.29) is 0 Å². The molecule has 0 saturated carbocycles. The maximum absolute atomic E-state index is 5.56. The Morgan fingerprint density at radius 2 is 2.20 bits per heavy atom. The average Bonchev–Trinajstić information content (AvgIpc) is 2.28. The first-order valence-electron chi connectivity index (χ1n) is 5.15. The number of hydrogen-bond donors (Lipinski definition) is 0. The highest BCUT2D eigenvalue weighted by Crippen LogP contribution is 2.23. The van der Waals surface area contributed by atoms with E-state index in [4.69, 9.17) is 9.47 Å². The van der Waals surface area contributed by atoms with Gasteiger partial charge in [-0.25, -0.2) is 4.98 Å². The van der Waals surface area contributed by atoms with Crippen molar-refractivity contribution >= 4 is 0 Å². The Balaban J connectivity index is 2.62. The molecule has 0 aliphatic rings. The van der Waals surface area contributed by atoms with Gasteiger partial charge >= 0.3 is 0 Å². The minimum atomic E-state index is 0.516. The number of nitrogens with zero attached hydrogens (tertiary/aromatic N) is 1. The largest absolute Gasteiger partial charge is 0.484 e. The standard InChI is InChI=1S/C12H17NO2/c1-4-10(3)9-15-11-7-6-8-13-12(11)14-5-2/h6-8H,3-5,9H2,1-2H3. The van der Waals surface area contributed by atoms with Crippen molar-refractivity contribution in [2.45, 2.75) is 20.3 Å². The molecule has 0 atom stereocenters. The molecule has 3 nitrogen and oxygen atoms in total. The second-order valence-electron chi connectivity index (χ2n) is 3.13. The van der Waals surface area contributed by atoms with Gasteiger partial charge in [-0.15, -0.1) is 0 Å². The van der Waals surface area contributed by atoms with E-state index >= 15 is 0 Å². The number of aromatic nitrogens is 1. The van der Waals surface area contributed by atoms with Gasteiger partial charge < -0.3 is 9.47 Å². The molecule has 82 valence electrons. The lowest BCUT2D eigenvalue weighted by molar-refractivity contribution is 0.282. The molecule has 0 fully saturated rings. The molecular weight excluding hydrogens is 190 g/mol. The Labute approximate surface area is 90.7 Å². The van der Waals surface area contributed by atoms with Crippen molar-refractivity contribution in [3.63, 3.8) is 0 Å². The van der Waals surface area contributed by atoms with Crippen molar-refractivity contribution in [2.75, 3.05) is 13.2 Å².